The van der Waals surface area contributed by atoms with E-state index in [1.165, 1.54) is 32.7 Å². The molecule has 0 unspecified atom stereocenters. The van der Waals surface area contributed by atoms with Gasteiger partial charge in [0.1, 0.15) is 0 Å². The predicted octanol–water partition coefficient (Wildman–Crippen LogP) is 10.4. The summed E-state index contributed by atoms with van der Waals surface area (Å²) in [5.41, 5.74) is 10.2. The van der Waals surface area contributed by atoms with E-state index in [1.54, 1.807) is 0 Å². The van der Waals surface area contributed by atoms with Crippen LogP contribution in [0.4, 0.5) is 0 Å². The van der Waals surface area contributed by atoms with Crippen molar-refractivity contribution in [1.82, 2.24) is 0 Å². The second kappa shape index (κ2) is 10.5. The second-order valence-corrected chi connectivity index (χ2v) is 10.4. The summed E-state index contributed by atoms with van der Waals surface area (Å²) in [6.45, 7) is 0. The van der Waals surface area contributed by atoms with Crippen molar-refractivity contribution in [3.63, 3.8) is 0 Å². The molecule has 0 radical (unpaired) electrons. The fourth-order valence-corrected chi connectivity index (χ4v) is 5.97. The molecule has 0 aliphatic heterocycles. The zero-order chi connectivity index (χ0) is 28.5. The van der Waals surface area contributed by atoms with Gasteiger partial charge in [0.25, 0.3) is 0 Å². The maximum atomic E-state index is 9.43. The third-order valence-electron chi connectivity index (χ3n) is 7.91. The fourth-order valence-electron chi connectivity index (χ4n) is 5.97. The highest BCUT2D eigenvalue weighted by Crippen LogP contribution is 2.44. The van der Waals surface area contributed by atoms with Crippen molar-refractivity contribution in [1.29, 1.82) is 10.5 Å². The highest BCUT2D eigenvalue weighted by molar-refractivity contribution is 6.21. The van der Waals surface area contributed by atoms with Gasteiger partial charge in [0, 0.05) is 0 Å². The molecule has 194 valence electrons. The van der Waals surface area contributed by atoms with Gasteiger partial charge in [0.2, 0.25) is 0 Å². The lowest BCUT2D eigenvalue weighted by atomic mass is 9.85. The summed E-state index contributed by atoms with van der Waals surface area (Å²) < 4.78 is 0. The summed E-state index contributed by atoms with van der Waals surface area (Å²) in [7, 11) is 0. The van der Waals surface area contributed by atoms with Crippen LogP contribution in [0.1, 0.15) is 11.1 Å². The van der Waals surface area contributed by atoms with Crippen molar-refractivity contribution in [2.24, 2.45) is 0 Å². The molecule has 7 aromatic rings. The van der Waals surface area contributed by atoms with Crippen LogP contribution >= 0.6 is 0 Å². The summed E-state index contributed by atoms with van der Waals surface area (Å²) in [6.07, 6.45) is 0. The van der Waals surface area contributed by atoms with E-state index >= 15 is 0 Å². The van der Waals surface area contributed by atoms with E-state index in [1.807, 2.05) is 42.5 Å². The normalized spacial score (nSPS) is 10.8. The van der Waals surface area contributed by atoms with Crippen LogP contribution in [0.15, 0.2) is 146 Å². The van der Waals surface area contributed by atoms with E-state index < -0.39 is 0 Å². The van der Waals surface area contributed by atoms with Gasteiger partial charge in [-0.25, -0.2) is 0 Å². The zero-order valence-electron chi connectivity index (χ0n) is 22.8. The summed E-state index contributed by atoms with van der Waals surface area (Å²) in [5.74, 6) is 0. The van der Waals surface area contributed by atoms with Crippen LogP contribution in [0.2, 0.25) is 0 Å². The van der Waals surface area contributed by atoms with Gasteiger partial charge in [-0.2, -0.15) is 10.5 Å². The molecule has 0 atom stereocenters. The van der Waals surface area contributed by atoms with Gasteiger partial charge in [-0.1, -0.05) is 115 Å². The Morgan fingerprint density at radius 2 is 0.690 bits per heavy atom. The SMILES string of the molecule is N#Cc1cccc(-c2ccc(-c3c4ccccc4c(-c4cccc(-c5cccc(C#N)c5)c4)c4ccccc34)cc2)c1. The summed E-state index contributed by atoms with van der Waals surface area (Å²) in [6, 6.07) is 54.5. The highest BCUT2D eigenvalue weighted by Gasteiger charge is 2.17. The quantitative estimate of drug-likeness (QED) is 0.212. The molecular weight excluding hydrogens is 508 g/mol. The lowest BCUT2D eigenvalue weighted by molar-refractivity contribution is 1.48. The summed E-state index contributed by atoms with van der Waals surface area (Å²) >= 11 is 0. The summed E-state index contributed by atoms with van der Waals surface area (Å²) in [4.78, 5) is 0. The Hall–Kier alpha value is -5.96. The maximum absolute atomic E-state index is 9.43. The molecule has 0 amide bonds. The van der Waals surface area contributed by atoms with Crippen molar-refractivity contribution in [2.75, 3.05) is 0 Å². The molecule has 0 aromatic heterocycles. The summed E-state index contributed by atoms with van der Waals surface area (Å²) in [5, 5.41) is 23.6. The monoisotopic (exact) mass is 532 g/mol. The van der Waals surface area contributed by atoms with E-state index in [0.717, 1.165) is 33.4 Å². The van der Waals surface area contributed by atoms with Crippen LogP contribution in [0.25, 0.3) is 66.1 Å². The molecule has 0 aliphatic rings. The maximum Gasteiger partial charge on any atom is 0.0991 e. The first-order valence-corrected chi connectivity index (χ1v) is 13.9. The van der Waals surface area contributed by atoms with Crippen LogP contribution in [-0.2, 0) is 0 Å². The van der Waals surface area contributed by atoms with Gasteiger partial charge in [0.15, 0.2) is 0 Å². The highest BCUT2D eigenvalue weighted by atomic mass is 14.2. The lowest BCUT2D eigenvalue weighted by Crippen LogP contribution is -1.91. The molecular formula is C40H24N2. The average Bonchev–Trinajstić information content (AvgIpc) is 3.07. The molecule has 0 saturated carbocycles. The first-order valence-electron chi connectivity index (χ1n) is 13.9. The van der Waals surface area contributed by atoms with Crippen LogP contribution in [0.5, 0.6) is 0 Å². The molecule has 2 heteroatoms. The molecule has 2 nitrogen and oxygen atoms in total. The Morgan fingerprint density at radius 3 is 1.19 bits per heavy atom. The molecule has 0 aliphatic carbocycles. The minimum atomic E-state index is 0.655. The number of rotatable bonds is 4. The molecule has 0 saturated heterocycles. The smallest absolute Gasteiger partial charge is 0.0991 e. The van der Waals surface area contributed by atoms with E-state index in [4.69, 9.17) is 0 Å². The first kappa shape index (κ1) is 25.0. The third kappa shape index (κ3) is 4.39. The lowest BCUT2D eigenvalue weighted by Gasteiger charge is -2.18. The number of hydrogen-bond donors (Lipinski definition) is 0. The average molecular weight is 533 g/mol. The van der Waals surface area contributed by atoms with Gasteiger partial charge in [-0.05, 0) is 96.4 Å². The van der Waals surface area contributed by atoms with E-state index in [0.29, 0.717) is 11.1 Å². The number of benzene rings is 7. The second-order valence-electron chi connectivity index (χ2n) is 10.4. The third-order valence-corrected chi connectivity index (χ3v) is 7.91. The van der Waals surface area contributed by atoms with Gasteiger partial charge in [-0.15, -0.1) is 0 Å². The molecule has 0 spiro atoms. The molecule has 7 rings (SSSR count). The molecule has 42 heavy (non-hydrogen) atoms. The molecule has 0 heterocycles. The first-order chi connectivity index (χ1) is 20.7. The number of hydrogen-bond acceptors (Lipinski definition) is 2. The van der Waals surface area contributed by atoms with Crippen molar-refractivity contribution >= 4 is 21.5 Å². The van der Waals surface area contributed by atoms with E-state index in [2.05, 4.69) is 115 Å². The minimum Gasteiger partial charge on any atom is -0.192 e. The predicted molar refractivity (Wildman–Crippen MR) is 173 cm³/mol. The number of nitriles is 2. The Kier molecular flexibility index (Phi) is 6.29. The van der Waals surface area contributed by atoms with Crippen LogP contribution in [-0.4, -0.2) is 0 Å². The molecule has 0 fully saturated rings. The Morgan fingerprint density at radius 1 is 0.310 bits per heavy atom. The van der Waals surface area contributed by atoms with Crippen molar-refractivity contribution < 1.29 is 0 Å². The Balaban J connectivity index is 1.43. The fraction of sp³-hybridized carbons (Fsp3) is 0. The van der Waals surface area contributed by atoms with Crippen LogP contribution in [0.3, 0.4) is 0 Å². The zero-order valence-corrected chi connectivity index (χ0v) is 22.8. The van der Waals surface area contributed by atoms with E-state index in [-0.39, 0.29) is 0 Å². The Labute approximate surface area is 245 Å². The topological polar surface area (TPSA) is 47.6 Å². The van der Waals surface area contributed by atoms with Crippen LogP contribution in [0, 0.1) is 22.7 Å². The van der Waals surface area contributed by atoms with Crippen molar-refractivity contribution in [2.45, 2.75) is 0 Å². The minimum absolute atomic E-state index is 0.655. The number of nitrogens with zero attached hydrogens (tertiary/aromatic N) is 2. The van der Waals surface area contributed by atoms with Gasteiger partial charge >= 0.3 is 0 Å². The Bertz CT molecular complexity index is 2150. The largest absolute Gasteiger partial charge is 0.192 e. The number of fused-ring (bicyclic) bond motifs is 2. The van der Waals surface area contributed by atoms with E-state index in [9.17, 15) is 10.5 Å². The molecule has 7 aromatic carbocycles. The van der Waals surface area contributed by atoms with Crippen molar-refractivity contribution in [3.8, 4) is 56.6 Å². The molecule has 0 bridgehead atoms. The molecule has 0 N–H and O–H groups in total. The standard InChI is InChI=1S/C40H24N2/c41-25-27-8-5-10-31(22-27)29-18-20-30(21-19-29)39-35-14-1-3-16-37(35)40(38-17-4-2-15-36(38)39)34-13-7-12-33(24-34)32-11-6-9-28(23-32)26-42/h1-24H. The van der Waals surface area contributed by atoms with Gasteiger partial charge < -0.3 is 0 Å². The van der Waals surface area contributed by atoms with Gasteiger partial charge in [-0.3, -0.25) is 0 Å². The van der Waals surface area contributed by atoms with Crippen LogP contribution < -0.4 is 0 Å². The van der Waals surface area contributed by atoms with Gasteiger partial charge in [0.05, 0.1) is 23.3 Å². The van der Waals surface area contributed by atoms with Crippen molar-refractivity contribution in [3.05, 3.63) is 157 Å².